The first kappa shape index (κ1) is 17.2. The van der Waals surface area contributed by atoms with Gasteiger partial charge in [0.1, 0.15) is 6.54 Å². The van der Waals surface area contributed by atoms with Gasteiger partial charge in [0.2, 0.25) is 5.78 Å². The summed E-state index contributed by atoms with van der Waals surface area (Å²) >= 11 is 7.03. The molecule has 0 fully saturated rings. The van der Waals surface area contributed by atoms with Crippen LogP contribution in [0.1, 0.15) is 27.0 Å². The first-order valence-electron chi connectivity index (χ1n) is 6.78. The van der Waals surface area contributed by atoms with E-state index in [9.17, 15) is 14.4 Å². The van der Waals surface area contributed by atoms with Crippen LogP contribution < -0.4 is 5.32 Å². The van der Waals surface area contributed by atoms with Gasteiger partial charge in [-0.1, -0.05) is 17.7 Å². The average Bonchev–Trinajstić information content (AvgIpc) is 3.07. The number of rotatable bonds is 6. The van der Waals surface area contributed by atoms with E-state index in [2.05, 4.69) is 5.32 Å². The average molecular weight is 352 g/mol. The maximum absolute atomic E-state index is 12.1. The number of benzene rings is 1. The van der Waals surface area contributed by atoms with Gasteiger partial charge in [0.15, 0.2) is 6.10 Å². The summed E-state index contributed by atoms with van der Waals surface area (Å²) in [6, 6.07) is 9.69. The molecule has 0 saturated carbocycles. The summed E-state index contributed by atoms with van der Waals surface area (Å²) in [6.07, 6.45) is -0.942. The molecule has 1 atom stereocenters. The second-order valence-corrected chi connectivity index (χ2v) is 6.05. The number of hydrogen-bond donors (Lipinski definition) is 1. The first-order valence-corrected chi connectivity index (χ1v) is 8.04. The smallest absolute Gasteiger partial charge is 0.326 e. The van der Waals surface area contributed by atoms with E-state index in [1.807, 2.05) is 0 Å². The van der Waals surface area contributed by atoms with E-state index in [4.69, 9.17) is 16.3 Å². The zero-order valence-electron chi connectivity index (χ0n) is 12.2. The lowest BCUT2D eigenvalue weighted by molar-refractivity contribution is -0.145. The predicted octanol–water partition coefficient (Wildman–Crippen LogP) is 2.95. The molecular weight excluding hydrogens is 338 g/mol. The number of thiophene rings is 1. The van der Waals surface area contributed by atoms with Crippen molar-refractivity contribution in [1.82, 2.24) is 5.32 Å². The lowest BCUT2D eigenvalue weighted by Gasteiger charge is -2.12. The van der Waals surface area contributed by atoms with Gasteiger partial charge in [0.25, 0.3) is 5.91 Å². The van der Waals surface area contributed by atoms with E-state index in [0.717, 1.165) is 0 Å². The second-order valence-electron chi connectivity index (χ2n) is 4.66. The number of carbonyl (C=O) groups is 3. The summed E-state index contributed by atoms with van der Waals surface area (Å²) in [4.78, 5) is 36.0. The van der Waals surface area contributed by atoms with Crippen molar-refractivity contribution >= 4 is 40.6 Å². The van der Waals surface area contributed by atoms with Crippen LogP contribution in [0, 0.1) is 0 Å². The minimum Gasteiger partial charge on any atom is -0.453 e. The van der Waals surface area contributed by atoms with Crippen LogP contribution in [-0.2, 0) is 9.53 Å². The third-order valence-electron chi connectivity index (χ3n) is 2.94. The molecule has 1 amide bonds. The minimum absolute atomic E-state index is 0.297. The van der Waals surface area contributed by atoms with Crippen molar-refractivity contribution in [2.75, 3.05) is 6.54 Å². The van der Waals surface area contributed by atoms with Crippen LogP contribution in [0.5, 0.6) is 0 Å². The second kappa shape index (κ2) is 7.89. The monoisotopic (exact) mass is 351 g/mol. The van der Waals surface area contributed by atoms with Crippen molar-refractivity contribution in [3.63, 3.8) is 0 Å². The predicted molar refractivity (Wildman–Crippen MR) is 88.0 cm³/mol. The molecule has 23 heavy (non-hydrogen) atoms. The normalized spacial score (nSPS) is 11.6. The van der Waals surface area contributed by atoms with Crippen molar-refractivity contribution in [3.05, 3.63) is 57.2 Å². The van der Waals surface area contributed by atoms with Crippen molar-refractivity contribution in [3.8, 4) is 0 Å². The molecule has 2 aromatic rings. The molecule has 0 aliphatic heterocycles. The number of hydrogen-bond acceptors (Lipinski definition) is 5. The Labute approximate surface area is 142 Å². The standard InChI is InChI=1S/C16H14ClNO4S/c1-10(15(20)11-4-6-12(17)7-5-11)22-14(19)9-18-16(21)13-3-2-8-23-13/h2-8,10H,9H2,1H3,(H,18,21)/t10-/m0/s1. The Hall–Kier alpha value is -2.18. The Morgan fingerprint density at radius 1 is 1.22 bits per heavy atom. The molecule has 1 heterocycles. The van der Waals surface area contributed by atoms with Crippen molar-refractivity contribution in [2.45, 2.75) is 13.0 Å². The van der Waals surface area contributed by atoms with E-state index >= 15 is 0 Å². The quantitative estimate of drug-likeness (QED) is 0.641. The number of nitrogens with one attached hydrogen (secondary N) is 1. The zero-order chi connectivity index (χ0) is 16.8. The van der Waals surface area contributed by atoms with Gasteiger partial charge in [0.05, 0.1) is 4.88 Å². The zero-order valence-corrected chi connectivity index (χ0v) is 13.8. The van der Waals surface area contributed by atoms with E-state index in [-0.39, 0.29) is 18.2 Å². The molecule has 2 rings (SSSR count). The van der Waals surface area contributed by atoms with Gasteiger partial charge in [-0.05, 0) is 42.6 Å². The number of ketones is 1. The number of amides is 1. The SMILES string of the molecule is C[C@H](OC(=O)CNC(=O)c1cccs1)C(=O)c1ccc(Cl)cc1. The number of Topliss-reactive ketones (excluding diaryl/α,β-unsaturated/α-hetero) is 1. The maximum atomic E-state index is 12.1. The number of halogens is 1. The van der Waals surface area contributed by atoms with E-state index in [0.29, 0.717) is 15.5 Å². The van der Waals surface area contributed by atoms with Crippen LogP contribution in [-0.4, -0.2) is 30.3 Å². The summed E-state index contributed by atoms with van der Waals surface area (Å²) in [6.45, 7) is 1.19. The van der Waals surface area contributed by atoms with Crippen LogP contribution >= 0.6 is 22.9 Å². The van der Waals surface area contributed by atoms with Crippen LogP contribution in [0.15, 0.2) is 41.8 Å². The highest BCUT2D eigenvalue weighted by molar-refractivity contribution is 7.12. The Bertz CT molecular complexity index is 697. The number of esters is 1. The summed E-state index contributed by atoms with van der Waals surface area (Å²) in [5.41, 5.74) is 0.400. The molecule has 0 unspecified atom stereocenters. The minimum atomic E-state index is -0.942. The molecule has 1 aromatic carbocycles. The Balaban J connectivity index is 1.83. The van der Waals surface area contributed by atoms with Crippen LogP contribution in [0.3, 0.4) is 0 Å². The molecule has 120 valence electrons. The van der Waals surface area contributed by atoms with Gasteiger partial charge < -0.3 is 10.1 Å². The highest BCUT2D eigenvalue weighted by Gasteiger charge is 2.20. The fourth-order valence-corrected chi connectivity index (χ4v) is 2.55. The molecule has 0 saturated heterocycles. The van der Waals surface area contributed by atoms with Crippen molar-refractivity contribution < 1.29 is 19.1 Å². The summed E-state index contributed by atoms with van der Waals surface area (Å²) in [5, 5.41) is 4.72. The van der Waals surface area contributed by atoms with Crippen LogP contribution in [0.4, 0.5) is 0 Å². The highest BCUT2D eigenvalue weighted by Crippen LogP contribution is 2.12. The molecular formula is C16H14ClNO4S. The van der Waals surface area contributed by atoms with E-state index in [1.165, 1.54) is 18.3 Å². The lowest BCUT2D eigenvalue weighted by atomic mass is 10.1. The molecule has 1 N–H and O–H groups in total. The Morgan fingerprint density at radius 3 is 2.52 bits per heavy atom. The van der Waals surface area contributed by atoms with Gasteiger partial charge in [-0.3, -0.25) is 14.4 Å². The van der Waals surface area contributed by atoms with Gasteiger partial charge in [-0.15, -0.1) is 11.3 Å². The summed E-state index contributed by atoms with van der Waals surface area (Å²) in [5.74, 6) is -1.36. The van der Waals surface area contributed by atoms with Gasteiger partial charge in [0, 0.05) is 10.6 Å². The lowest BCUT2D eigenvalue weighted by Crippen LogP contribution is -2.33. The fraction of sp³-hybridized carbons (Fsp3) is 0.188. The molecule has 0 aliphatic rings. The van der Waals surface area contributed by atoms with E-state index < -0.39 is 12.1 Å². The summed E-state index contributed by atoms with van der Waals surface area (Å²) < 4.78 is 5.03. The molecule has 1 aromatic heterocycles. The number of ether oxygens (including phenoxy) is 1. The molecule has 0 aliphatic carbocycles. The van der Waals surface area contributed by atoms with Gasteiger partial charge >= 0.3 is 5.97 Å². The highest BCUT2D eigenvalue weighted by atomic mass is 35.5. The molecule has 0 bridgehead atoms. The van der Waals surface area contributed by atoms with Crippen molar-refractivity contribution in [2.24, 2.45) is 0 Å². The molecule has 0 radical (unpaired) electrons. The van der Waals surface area contributed by atoms with Crippen LogP contribution in [0.25, 0.3) is 0 Å². The maximum Gasteiger partial charge on any atom is 0.326 e. The molecule has 7 heteroatoms. The molecule has 5 nitrogen and oxygen atoms in total. The summed E-state index contributed by atoms with van der Waals surface area (Å²) in [7, 11) is 0. The topological polar surface area (TPSA) is 72.5 Å². The van der Waals surface area contributed by atoms with Gasteiger partial charge in [-0.2, -0.15) is 0 Å². The van der Waals surface area contributed by atoms with Crippen molar-refractivity contribution in [1.29, 1.82) is 0 Å². The van der Waals surface area contributed by atoms with Gasteiger partial charge in [-0.25, -0.2) is 0 Å². The largest absolute Gasteiger partial charge is 0.453 e. The van der Waals surface area contributed by atoms with E-state index in [1.54, 1.807) is 41.8 Å². The Kier molecular flexibility index (Phi) is 5.90. The first-order chi connectivity index (χ1) is 11.0. The Morgan fingerprint density at radius 2 is 1.91 bits per heavy atom. The number of carbonyl (C=O) groups excluding carboxylic acids is 3. The fourth-order valence-electron chi connectivity index (χ4n) is 1.79. The molecule has 0 spiro atoms. The third kappa shape index (κ3) is 4.91. The third-order valence-corrected chi connectivity index (χ3v) is 4.07. The van der Waals surface area contributed by atoms with Crippen LogP contribution in [0.2, 0.25) is 5.02 Å².